The summed E-state index contributed by atoms with van der Waals surface area (Å²) in [5, 5.41) is 0.721. The van der Waals surface area contributed by atoms with E-state index in [2.05, 4.69) is 4.99 Å². The van der Waals surface area contributed by atoms with Crippen molar-refractivity contribution in [3.05, 3.63) is 64.6 Å². The van der Waals surface area contributed by atoms with Crippen molar-refractivity contribution in [2.24, 2.45) is 4.99 Å². The molecule has 1 amide bonds. The van der Waals surface area contributed by atoms with Gasteiger partial charge in [-0.05, 0) is 30.7 Å². The SMILES string of the molecule is Cc1ccccc1N=C1SCCN1C(=O)CCn1c(=O)oc2ccccc21. The molecule has 7 heteroatoms. The van der Waals surface area contributed by atoms with Crippen LogP contribution >= 0.6 is 11.8 Å². The van der Waals surface area contributed by atoms with Gasteiger partial charge >= 0.3 is 5.76 Å². The van der Waals surface area contributed by atoms with E-state index in [9.17, 15) is 9.59 Å². The Morgan fingerprint density at radius 2 is 1.96 bits per heavy atom. The summed E-state index contributed by atoms with van der Waals surface area (Å²) in [5.41, 5.74) is 3.19. The molecule has 0 unspecified atom stereocenters. The van der Waals surface area contributed by atoms with Gasteiger partial charge in [0.2, 0.25) is 5.91 Å². The number of nitrogens with zero attached hydrogens (tertiary/aromatic N) is 3. The number of hydrogen-bond acceptors (Lipinski definition) is 5. The number of aryl methyl sites for hydroxylation is 2. The number of oxazole rings is 1. The zero-order chi connectivity index (χ0) is 18.8. The van der Waals surface area contributed by atoms with Crippen LogP contribution in [0.1, 0.15) is 12.0 Å². The average Bonchev–Trinajstić information content (AvgIpc) is 3.25. The molecule has 0 atom stereocenters. The number of carbonyl (C=O) groups is 1. The number of benzene rings is 2. The van der Waals surface area contributed by atoms with E-state index in [1.807, 2.05) is 49.4 Å². The smallest absolute Gasteiger partial charge is 0.408 e. The summed E-state index contributed by atoms with van der Waals surface area (Å²) in [6, 6.07) is 15.1. The maximum atomic E-state index is 12.8. The predicted octanol–water partition coefficient (Wildman–Crippen LogP) is 3.56. The summed E-state index contributed by atoms with van der Waals surface area (Å²) < 4.78 is 6.73. The van der Waals surface area contributed by atoms with Crippen molar-refractivity contribution >= 4 is 39.6 Å². The lowest BCUT2D eigenvalue weighted by atomic mass is 10.2. The summed E-state index contributed by atoms with van der Waals surface area (Å²) in [5.74, 6) is 0.350. The molecule has 4 rings (SSSR count). The first kappa shape index (κ1) is 17.6. The number of para-hydroxylation sites is 3. The standard InChI is InChI=1S/C20H19N3O3S/c1-14-6-2-3-7-15(14)21-19-23(12-13-27-19)18(24)10-11-22-16-8-4-5-9-17(16)26-20(22)25/h2-9H,10-13H2,1H3. The van der Waals surface area contributed by atoms with Crippen LogP contribution in [0.5, 0.6) is 0 Å². The molecule has 2 aromatic carbocycles. The van der Waals surface area contributed by atoms with Crippen molar-refractivity contribution in [2.45, 2.75) is 19.9 Å². The van der Waals surface area contributed by atoms with Gasteiger partial charge in [-0.3, -0.25) is 14.3 Å². The van der Waals surface area contributed by atoms with E-state index in [1.54, 1.807) is 22.7 Å². The molecule has 1 aromatic heterocycles. The number of amides is 1. The van der Waals surface area contributed by atoms with E-state index in [-0.39, 0.29) is 18.9 Å². The summed E-state index contributed by atoms with van der Waals surface area (Å²) in [4.78, 5) is 31.2. The van der Waals surface area contributed by atoms with Crippen LogP contribution in [-0.4, -0.2) is 32.8 Å². The molecule has 138 valence electrons. The molecule has 3 aromatic rings. The number of hydrogen-bond donors (Lipinski definition) is 0. The summed E-state index contributed by atoms with van der Waals surface area (Å²) in [6.07, 6.45) is 0.219. The Labute approximate surface area is 160 Å². The van der Waals surface area contributed by atoms with Gasteiger partial charge in [0.25, 0.3) is 0 Å². The van der Waals surface area contributed by atoms with Crippen molar-refractivity contribution < 1.29 is 9.21 Å². The van der Waals surface area contributed by atoms with Gasteiger partial charge in [-0.15, -0.1) is 0 Å². The minimum Gasteiger partial charge on any atom is -0.408 e. The zero-order valence-electron chi connectivity index (χ0n) is 14.9. The van der Waals surface area contributed by atoms with Gasteiger partial charge in [-0.1, -0.05) is 42.1 Å². The molecule has 0 bridgehead atoms. The molecule has 1 aliphatic heterocycles. The van der Waals surface area contributed by atoms with Gasteiger partial charge in [0, 0.05) is 25.3 Å². The van der Waals surface area contributed by atoms with Crippen LogP contribution in [0, 0.1) is 6.92 Å². The minimum absolute atomic E-state index is 0.0375. The van der Waals surface area contributed by atoms with Crippen molar-refractivity contribution in [3.8, 4) is 0 Å². The van der Waals surface area contributed by atoms with Crippen molar-refractivity contribution in [1.82, 2.24) is 9.47 Å². The summed E-state index contributed by atoms with van der Waals surface area (Å²) in [6.45, 7) is 2.92. The molecule has 1 saturated heterocycles. The Bertz CT molecular complexity index is 1080. The van der Waals surface area contributed by atoms with Crippen LogP contribution in [0.2, 0.25) is 0 Å². The molecule has 0 aliphatic carbocycles. The number of rotatable bonds is 4. The summed E-state index contributed by atoms with van der Waals surface area (Å²) >= 11 is 1.58. The fourth-order valence-corrected chi connectivity index (χ4v) is 4.05. The topological polar surface area (TPSA) is 67.8 Å². The van der Waals surface area contributed by atoms with Gasteiger partial charge in [0.05, 0.1) is 11.2 Å². The average molecular weight is 381 g/mol. The number of fused-ring (bicyclic) bond motifs is 1. The van der Waals surface area contributed by atoms with Crippen LogP contribution in [0.4, 0.5) is 5.69 Å². The third kappa shape index (κ3) is 3.55. The summed E-state index contributed by atoms with van der Waals surface area (Å²) in [7, 11) is 0. The van der Waals surface area contributed by atoms with Crippen LogP contribution in [-0.2, 0) is 11.3 Å². The number of amidine groups is 1. The molecule has 0 radical (unpaired) electrons. The van der Waals surface area contributed by atoms with Crippen molar-refractivity contribution in [1.29, 1.82) is 0 Å². The van der Waals surface area contributed by atoms with E-state index >= 15 is 0 Å². The van der Waals surface area contributed by atoms with Crippen LogP contribution in [0.3, 0.4) is 0 Å². The van der Waals surface area contributed by atoms with E-state index in [1.165, 1.54) is 4.57 Å². The molecule has 0 N–H and O–H groups in total. The van der Waals surface area contributed by atoms with E-state index in [0.29, 0.717) is 17.6 Å². The van der Waals surface area contributed by atoms with Crippen LogP contribution in [0.25, 0.3) is 11.1 Å². The molecule has 1 fully saturated rings. The Morgan fingerprint density at radius 3 is 2.81 bits per heavy atom. The number of carbonyl (C=O) groups excluding carboxylic acids is 1. The second-order valence-electron chi connectivity index (χ2n) is 6.31. The van der Waals surface area contributed by atoms with Crippen LogP contribution in [0.15, 0.2) is 62.7 Å². The Morgan fingerprint density at radius 1 is 1.19 bits per heavy atom. The van der Waals surface area contributed by atoms with E-state index in [4.69, 9.17) is 4.42 Å². The fraction of sp³-hybridized carbons (Fsp3) is 0.250. The van der Waals surface area contributed by atoms with E-state index in [0.717, 1.165) is 22.2 Å². The fourth-order valence-electron chi connectivity index (χ4n) is 3.09. The number of aromatic nitrogens is 1. The monoisotopic (exact) mass is 381 g/mol. The Hall–Kier alpha value is -2.80. The van der Waals surface area contributed by atoms with Crippen molar-refractivity contribution in [3.63, 3.8) is 0 Å². The highest BCUT2D eigenvalue weighted by Crippen LogP contribution is 2.25. The molecular weight excluding hydrogens is 362 g/mol. The molecule has 6 nitrogen and oxygen atoms in total. The lowest BCUT2D eigenvalue weighted by Gasteiger charge is -2.16. The number of thioether (sulfide) groups is 1. The highest BCUT2D eigenvalue weighted by atomic mass is 32.2. The lowest BCUT2D eigenvalue weighted by Crippen LogP contribution is -2.33. The predicted molar refractivity (Wildman–Crippen MR) is 108 cm³/mol. The second-order valence-corrected chi connectivity index (χ2v) is 7.37. The minimum atomic E-state index is -0.436. The van der Waals surface area contributed by atoms with Crippen LogP contribution < -0.4 is 5.76 Å². The number of aliphatic imine (C=N–C) groups is 1. The normalized spacial score (nSPS) is 15.7. The van der Waals surface area contributed by atoms with Gasteiger partial charge in [0.15, 0.2) is 10.8 Å². The van der Waals surface area contributed by atoms with Gasteiger partial charge in [0.1, 0.15) is 0 Å². The van der Waals surface area contributed by atoms with Crippen molar-refractivity contribution in [2.75, 3.05) is 12.3 Å². The highest BCUT2D eigenvalue weighted by molar-refractivity contribution is 8.14. The van der Waals surface area contributed by atoms with Gasteiger partial charge in [-0.25, -0.2) is 9.79 Å². The molecule has 27 heavy (non-hydrogen) atoms. The first-order valence-corrected chi connectivity index (χ1v) is 9.78. The zero-order valence-corrected chi connectivity index (χ0v) is 15.7. The Balaban J connectivity index is 1.51. The molecule has 2 heterocycles. The largest absolute Gasteiger partial charge is 0.419 e. The first-order valence-electron chi connectivity index (χ1n) is 8.79. The van der Waals surface area contributed by atoms with E-state index < -0.39 is 5.76 Å². The molecule has 0 spiro atoms. The first-order chi connectivity index (χ1) is 13.1. The third-order valence-electron chi connectivity index (χ3n) is 4.53. The van der Waals surface area contributed by atoms with Gasteiger partial charge in [-0.2, -0.15) is 0 Å². The molecular formula is C20H19N3O3S. The quantitative estimate of drug-likeness (QED) is 0.693. The molecule has 1 aliphatic rings. The Kier molecular flexibility index (Phi) is 4.85. The maximum absolute atomic E-state index is 12.8. The maximum Gasteiger partial charge on any atom is 0.419 e. The lowest BCUT2D eigenvalue weighted by molar-refractivity contribution is -0.127. The molecule has 0 saturated carbocycles. The van der Waals surface area contributed by atoms with Gasteiger partial charge < -0.3 is 4.42 Å². The third-order valence-corrected chi connectivity index (χ3v) is 5.49. The second kappa shape index (κ2) is 7.44. The highest BCUT2D eigenvalue weighted by Gasteiger charge is 2.26.